The SMILES string of the molecule is C=C(C)C(=O)OCc1ccccc1Cl. The predicted octanol–water partition coefficient (Wildman–Crippen LogP) is 2.96. The number of rotatable bonds is 3. The van der Waals surface area contributed by atoms with Crippen molar-refractivity contribution in [3.8, 4) is 0 Å². The van der Waals surface area contributed by atoms with Gasteiger partial charge in [0, 0.05) is 16.2 Å². The van der Waals surface area contributed by atoms with Crippen LogP contribution < -0.4 is 0 Å². The summed E-state index contributed by atoms with van der Waals surface area (Å²) in [5.74, 6) is -0.398. The molecule has 0 fully saturated rings. The molecular formula is C11H11ClO2. The van der Waals surface area contributed by atoms with Crippen molar-refractivity contribution in [2.45, 2.75) is 13.5 Å². The van der Waals surface area contributed by atoms with E-state index in [9.17, 15) is 4.79 Å². The molecule has 0 aliphatic rings. The number of ether oxygens (including phenoxy) is 1. The molecule has 0 spiro atoms. The third-order valence-electron chi connectivity index (χ3n) is 1.67. The molecule has 0 aromatic heterocycles. The molecule has 74 valence electrons. The lowest BCUT2D eigenvalue weighted by Gasteiger charge is -2.05. The molecule has 0 radical (unpaired) electrons. The molecule has 0 aliphatic carbocycles. The highest BCUT2D eigenvalue weighted by Gasteiger charge is 2.05. The molecule has 0 heterocycles. The van der Waals surface area contributed by atoms with Gasteiger partial charge < -0.3 is 4.74 Å². The van der Waals surface area contributed by atoms with Crippen molar-refractivity contribution in [2.24, 2.45) is 0 Å². The minimum atomic E-state index is -0.398. The first-order chi connectivity index (χ1) is 6.61. The Labute approximate surface area is 88.1 Å². The zero-order valence-electron chi connectivity index (χ0n) is 7.92. The van der Waals surface area contributed by atoms with Crippen LogP contribution in [0, 0.1) is 0 Å². The number of carbonyl (C=O) groups is 1. The number of carbonyl (C=O) groups excluding carboxylic acids is 1. The number of hydrogen-bond donors (Lipinski definition) is 0. The van der Waals surface area contributed by atoms with Gasteiger partial charge in [0.1, 0.15) is 6.61 Å². The summed E-state index contributed by atoms with van der Waals surface area (Å²) in [5.41, 5.74) is 1.18. The van der Waals surface area contributed by atoms with Crippen molar-refractivity contribution in [1.29, 1.82) is 0 Å². The van der Waals surface area contributed by atoms with Crippen LogP contribution in [0.3, 0.4) is 0 Å². The van der Waals surface area contributed by atoms with E-state index >= 15 is 0 Å². The Morgan fingerprint density at radius 3 is 2.71 bits per heavy atom. The molecule has 1 aromatic rings. The quantitative estimate of drug-likeness (QED) is 0.567. The van der Waals surface area contributed by atoms with Crippen LogP contribution in [0.25, 0.3) is 0 Å². The molecule has 2 nitrogen and oxygen atoms in total. The zero-order valence-corrected chi connectivity index (χ0v) is 8.67. The van der Waals surface area contributed by atoms with E-state index in [0.29, 0.717) is 10.6 Å². The molecule has 0 N–H and O–H groups in total. The summed E-state index contributed by atoms with van der Waals surface area (Å²) in [4.78, 5) is 11.1. The molecule has 0 aliphatic heterocycles. The van der Waals surface area contributed by atoms with Gasteiger partial charge in [-0.15, -0.1) is 0 Å². The zero-order chi connectivity index (χ0) is 10.6. The molecule has 1 aromatic carbocycles. The van der Waals surface area contributed by atoms with Crippen molar-refractivity contribution in [3.05, 3.63) is 47.0 Å². The van der Waals surface area contributed by atoms with E-state index in [1.807, 2.05) is 18.2 Å². The number of esters is 1. The van der Waals surface area contributed by atoms with Crippen LogP contribution in [-0.4, -0.2) is 5.97 Å². The molecule has 3 heteroatoms. The summed E-state index contributed by atoms with van der Waals surface area (Å²) in [6, 6.07) is 7.24. The number of benzene rings is 1. The first-order valence-electron chi connectivity index (χ1n) is 4.17. The lowest BCUT2D eigenvalue weighted by molar-refractivity contribution is -0.140. The van der Waals surface area contributed by atoms with E-state index in [1.165, 1.54) is 0 Å². The first kappa shape index (κ1) is 10.8. The third-order valence-corrected chi connectivity index (χ3v) is 2.03. The van der Waals surface area contributed by atoms with Gasteiger partial charge in [-0.1, -0.05) is 36.4 Å². The molecule has 14 heavy (non-hydrogen) atoms. The summed E-state index contributed by atoms with van der Waals surface area (Å²) >= 11 is 5.87. The van der Waals surface area contributed by atoms with Crippen molar-refractivity contribution >= 4 is 17.6 Å². The van der Waals surface area contributed by atoms with E-state index < -0.39 is 5.97 Å². The normalized spacial score (nSPS) is 9.57. The van der Waals surface area contributed by atoms with Gasteiger partial charge in [0.25, 0.3) is 0 Å². The average molecular weight is 211 g/mol. The maximum Gasteiger partial charge on any atom is 0.333 e. The number of hydrogen-bond acceptors (Lipinski definition) is 2. The summed E-state index contributed by atoms with van der Waals surface area (Å²) in [7, 11) is 0. The largest absolute Gasteiger partial charge is 0.457 e. The van der Waals surface area contributed by atoms with Gasteiger partial charge in [0.15, 0.2) is 0 Å². The van der Waals surface area contributed by atoms with Crippen LogP contribution in [0.2, 0.25) is 5.02 Å². The lowest BCUT2D eigenvalue weighted by Crippen LogP contribution is -2.04. The van der Waals surface area contributed by atoms with Gasteiger partial charge in [-0.25, -0.2) is 4.79 Å². The van der Waals surface area contributed by atoms with Crippen LogP contribution in [0.15, 0.2) is 36.4 Å². The van der Waals surface area contributed by atoms with Crippen molar-refractivity contribution in [2.75, 3.05) is 0 Å². The monoisotopic (exact) mass is 210 g/mol. The number of halogens is 1. The van der Waals surface area contributed by atoms with Crippen LogP contribution >= 0.6 is 11.6 Å². The topological polar surface area (TPSA) is 26.3 Å². The summed E-state index contributed by atoms with van der Waals surface area (Å²) in [6.07, 6.45) is 0. The first-order valence-corrected chi connectivity index (χ1v) is 4.55. The van der Waals surface area contributed by atoms with E-state index in [4.69, 9.17) is 16.3 Å². The summed E-state index contributed by atoms with van der Waals surface area (Å²) < 4.78 is 4.95. The van der Waals surface area contributed by atoms with Crippen LogP contribution in [0.4, 0.5) is 0 Å². The second-order valence-corrected chi connectivity index (χ2v) is 3.36. The molecular weight excluding hydrogens is 200 g/mol. The molecule has 0 saturated heterocycles. The highest BCUT2D eigenvalue weighted by atomic mass is 35.5. The highest BCUT2D eigenvalue weighted by molar-refractivity contribution is 6.31. The second-order valence-electron chi connectivity index (χ2n) is 2.95. The fourth-order valence-electron chi connectivity index (χ4n) is 0.882. The molecule has 0 atom stereocenters. The molecule has 0 unspecified atom stereocenters. The Morgan fingerprint density at radius 1 is 1.50 bits per heavy atom. The third kappa shape index (κ3) is 2.89. The molecule has 0 saturated carbocycles. The van der Waals surface area contributed by atoms with Crippen LogP contribution in [-0.2, 0) is 16.1 Å². The Kier molecular flexibility index (Phi) is 3.72. The van der Waals surface area contributed by atoms with Crippen molar-refractivity contribution < 1.29 is 9.53 Å². The van der Waals surface area contributed by atoms with E-state index in [2.05, 4.69) is 6.58 Å². The van der Waals surface area contributed by atoms with Gasteiger partial charge in [0.05, 0.1) is 0 Å². The fourth-order valence-corrected chi connectivity index (χ4v) is 1.07. The second kappa shape index (κ2) is 4.82. The smallest absolute Gasteiger partial charge is 0.333 e. The van der Waals surface area contributed by atoms with Gasteiger partial charge in [-0.3, -0.25) is 0 Å². The standard InChI is InChI=1S/C11H11ClO2/c1-8(2)11(13)14-7-9-5-3-4-6-10(9)12/h3-6H,1,7H2,2H3. The molecule has 1 rings (SSSR count). The van der Waals surface area contributed by atoms with Gasteiger partial charge in [-0.2, -0.15) is 0 Å². The average Bonchev–Trinajstić information content (AvgIpc) is 2.16. The highest BCUT2D eigenvalue weighted by Crippen LogP contribution is 2.15. The Morgan fingerprint density at radius 2 is 2.14 bits per heavy atom. The van der Waals surface area contributed by atoms with Crippen LogP contribution in [0.5, 0.6) is 0 Å². The maximum atomic E-state index is 11.1. The van der Waals surface area contributed by atoms with Gasteiger partial charge in [-0.05, 0) is 13.0 Å². The van der Waals surface area contributed by atoms with E-state index in [0.717, 1.165) is 5.56 Å². The predicted molar refractivity (Wildman–Crippen MR) is 56.1 cm³/mol. The van der Waals surface area contributed by atoms with Crippen molar-refractivity contribution in [1.82, 2.24) is 0 Å². The van der Waals surface area contributed by atoms with Gasteiger partial charge >= 0.3 is 5.97 Å². The van der Waals surface area contributed by atoms with Crippen LogP contribution in [0.1, 0.15) is 12.5 Å². The maximum absolute atomic E-state index is 11.1. The minimum absolute atomic E-state index is 0.186. The molecule has 0 bridgehead atoms. The fraction of sp³-hybridized carbons (Fsp3) is 0.182. The minimum Gasteiger partial charge on any atom is -0.457 e. The van der Waals surface area contributed by atoms with Crippen molar-refractivity contribution in [3.63, 3.8) is 0 Å². The van der Waals surface area contributed by atoms with Gasteiger partial charge in [0.2, 0.25) is 0 Å². The molecule has 0 amide bonds. The van der Waals surface area contributed by atoms with E-state index in [-0.39, 0.29) is 6.61 Å². The summed E-state index contributed by atoms with van der Waals surface area (Å²) in [6.45, 7) is 5.27. The Hall–Kier alpha value is -1.28. The summed E-state index contributed by atoms with van der Waals surface area (Å²) in [5, 5.41) is 0.599. The Balaban J connectivity index is 2.58. The van der Waals surface area contributed by atoms with E-state index in [1.54, 1.807) is 13.0 Å². The lowest BCUT2D eigenvalue weighted by atomic mass is 10.2. The Bertz CT molecular complexity index is 358.